The third kappa shape index (κ3) is 4.10. The molecule has 2 nitrogen and oxygen atoms in total. The maximum Gasteiger partial charge on any atom is 0.110 e. The predicted molar refractivity (Wildman–Crippen MR) is 112 cm³/mol. The molecule has 0 aliphatic rings. The Hall–Kier alpha value is -2.13. The minimum Gasteiger partial charge on any atom is -0.269 e. The van der Waals surface area contributed by atoms with Gasteiger partial charge < -0.3 is 0 Å². The Bertz CT molecular complexity index is 865. The Kier molecular flexibility index (Phi) is 4.96. The van der Waals surface area contributed by atoms with Gasteiger partial charge >= 0.3 is 0 Å². The summed E-state index contributed by atoms with van der Waals surface area (Å²) in [4.78, 5) is 0. The maximum atomic E-state index is 4.51. The first-order valence-corrected chi connectivity index (χ1v) is 9.58. The first-order valence-electron chi connectivity index (χ1n) is 8.76. The van der Waals surface area contributed by atoms with Crippen molar-refractivity contribution < 1.29 is 0 Å². The van der Waals surface area contributed by atoms with E-state index in [4.69, 9.17) is 0 Å². The van der Waals surface area contributed by atoms with Crippen molar-refractivity contribution in [2.75, 3.05) is 5.43 Å². The summed E-state index contributed by atoms with van der Waals surface area (Å²) in [5.41, 5.74) is 7.18. The highest BCUT2D eigenvalue weighted by molar-refractivity contribution is 7.22. The number of hydrazone groups is 1. The number of fused-ring (bicyclic) bond motifs is 1. The molecule has 0 aliphatic heterocycles. The minimum absolute atomic E-state index is 0.136. The van der Waals surface area contributed by atoms with Crippen molar-refractivity contribution in [3.8, 4) is 0 Å². The van der Waals surface area contributed by atoms with E-state index < -0.39 is 0 Å². The molecule has 1 N–H and O–H groups in total. The normalized spacial score (nSPS) is 12.4. The second kappa shape index (κ2) is 7.01. The van der Waals surface area contributed by atoms with E-state index in [1.165, 1.54) is 26.8 Å². The highest BCUT2D eigenvalue weighted by Crippen LogP contribution is 2.30. The zero-order valence-corrected chi connectivity index (χ0v) is 16.4. The molecule has 3 rings (SSSR count). The molecular formula is C22H26N2S. The SMILES string of the molecule is CC(C)c1ccc(C(C)(C)C)cc1/C=N/Nc1cc2ccccc2s1. The highest BCUT2D eigenvalue weighted by Gasteiger charge is 2.16. The molecule has 130 valence electrons. The van der Waals surface area contributed by atoms with Gasteiger partial charge in [-0.25, -0.2) is 0 Å². The summed E-state index contributed by atoms with van der Waals surface area (Å²) in [6, 6.07) is 17.3. The van der Waals surface area contributed by atoms with Crippen molar-refractivity contribution in [3.05, 3.63) is 65.2 Å². The fraction of sp³-hybridized carbons (Fsp3) is 0.318. The molecule has 1 heterocycles. The molecule has 1 aromatic heterocycles. The van der Waals surface area contributed by atoms with Crippen LogP contribution in [0.1, 0.15) is 57.2 Å². The van der Waals surface area contributed by atoms with Gasteiger partial charge in [0.25, 0.3) is 0 Å². The molecule has 0 unspecified atom stereocenters. The number of rotatable bonds is 4. The van der Waals surface area contributed by atoms with Crippen LogP contribution in [0.2, 0.25) is 0 Å². The van der Waals surface area contributed by atoms with E-state index in [0.29, 0.717) is 5.92 Å². The lowest BCUT2D eigenvalue weighted by atomic mass is 9.84. The molecule has 0 aliphatic carbocycles. The Morgan fingerprint density at radius 2 is 1.80 bits per heavy atom. The van der Waals surface area contributed by atoms with Gasteiger partial charge in [-0.3, -0.25) is 5.43 Å². The molecule has 0 amide bonds. The first kappa shape index (κ1) is 17.7. The van der Waals surface area contributed by atoms with Gasteiger partial charge in [-0.05, 0) is 51.6 Å². The van der Waals surface area contributed by atoms with Crippen LogP contribution >= 0.6 is 11.3 Å². The topological polar surface area (TPSA) is 24.4 Å². The van der Waals surface area contributed by atoms with Crippen LogP contribution < -0.4 is 5.43 Å². The Labute approximate surface area is 154 Å². The molecule has 2 aromatic carbocycles. The van der Waals surface area contributed by atoms with Crippen LogP contribution in [0.5, 0.6) is 0 Å². The molecule has 3 heteroatoms. The number of thiophene rings is 1. The summed E-state index contributed by atoms with van der Waals surface area (Å²) in [5, 5.41) is 6.83. The van der Waals surface area contributed by atoms with Gasteiger partial charge in [0.05, 0.1) is 6.21 Å². The smallest absolute Gasteiger partial charge is 0.110 e. The lowest BCUT2D eigenvalue weighted by Gasteiger charge is -2.21. The molecule has 0 spiro atoms. The molecule has 0 saturated heterocycles. The minimum atomic E-state index is 0.136. The Balaban J connectivity index is 1.86. The van der Waals surface area contributed by atoms with Crippen molar-refractivity contribution in [2.45, 2.75) is 46.0 Å². The van der Waals surface area contributed by atoms with Crippen molar-refractivity contribution in [2.24, 2.45) is 5.10 Å². The number of benzene rings is 2. The lowest BCUT2D eigenvalue weighted by molar-refractivity contribution is 0.589. The Morgan fingerprint density at radius 3 is 2.48 bits per heavy atom. The van der Waals surface area contributed by atoms with Gasteiger partial charge in [-0.15, -0.1) is 11.3 Å². The fourth-order valence-corrected chi connectivity index (χ4v) is 3.79. The van der Waals surface area contributed by atoms with E-state index in [0.717, 1.165) is 5.00 Å². The number of hydrogen-bond donors (Lipinski definition) is 1. The van der Waals surface area contributed by atoms with Gasteiger partial charge in [0.2, 0.25) is 0 Å². The number of nitrogens with one attached hydrogen (secondary N) is 1. The largest absolute Gasteiger partial charge is 0.269 e. The highest BCUT2D eigenvalue weighted by atomic mass is 32.1. The van der Waals surface area contributed by atoms with Crippen LogP contribution in [0.25, 0.3) is 10.1 Å². The zero-order valence-electron chi connectivity index (χ0n) is 15.6. The van der Waals surface area contributed by atoms with Crippen LogP contribution in [0, 0.1) is 0 Å². The number of anilines is 1. The molecule has 0 radical (unpaired) electrons. The fourth-order valence-electron chi connectivity index (χ4n) is 2.88. The van der Waals surface area contributed by atoms with E-state index >= 15 is 0 Å². The van der Waals surface area contributed by atoms with Crippen LogP contribution in [-0.4, -0.2) is 6.21 Å². The average molecular weight is 351 g/mol. The van der Waals surface area contributed by atoms with Crippen LogP contribution in [0.3, 0.4) is 0 Å². The molecule has 3 aromatic rings. The molecule has 25 heavy (non-hydrogen) atoms. The van der Waals surface area contributed by atoms with Crippen LogP contribution in [0.15, 0.2) is 53.6 Å². The maximum absolute atomic E-state index is 4.51. The quantitative estimate of drug-likeness (QED) is 0.407. The predicted octanol–water partition coefficient (Wildman–Crippen LogP) is 6.77. The van der Waals surface area contributed by atoms with Crippen LogP contribution in [0.4, 0.5) is 5.00 Å². The molecular weight excluding hydrogens is 324 g/mol. The van der Waals surface area contributed by atoms with E-state index in [9.17, 15) is 0 Å². The van der Waals surface area contributed by atoms with Gasteiger partial charge in [-0.2, -0.15) is 5.10 Å². The summed E-state index contributed by atoms with van der Waals surface area (Å²) in [7, 11) is 0. The van der Waals surface area contributed by atoms with Crippen LogP contribution in [-0.2, 0) is 5.41 Å². The van der Waals surface area contributed by atoms with Gasteiger partial charge in [0.1, 0.15) is 5.00 Å². The monoisotopic (exact) mass is 350 g/mol. The van der Waals surface area contributed by atoms with Crippen molar-refractivity contribution in [3.63, 3.8) is 0 Å². The Morgan fingerprint density at radius 1 is 1.04 bits per heavy atom. The van der Waals surface area contributed by atoms with E-state index in [2.05, 4.69) is 93.7 Å². The summed E-state index contributed by atoms with van der Waals surface area (Å²) in [6.45, 7) is 11.2. The van der Waals surface area contributed by atoms with Gasteiger partial charge in [0.15, 0.2) is 0 Å². The number of nitrogens with zero attached hydrogens (tertiary/aromatic N) is 1. The standard InChI is InChI=1S/C22H26N2S/c1-15(2)19-11-10-18(22(3,4)5)12-17(19)14-23-24-21-13-16-8-6-7-9-20(16)25-21/h6-15,24H,1-5H3/b23-14+. The molecule has 0 fully saturated rings. The lowest BCUT2D eigenvalue weighted by Crippen LogP contribution is -2.12. The summed E-state index contributed by atoms with van der Waals surface area (Å²) in [6.07, 6.45) is 1.95. The van der Waals surface area contributed by atoms with Crippen molar-refractivity contribution >= 4 is 32.6 Å². The average Bonchev–Trinajstić information content (AvgIpc) is 2.96. The van der Waals surface area contributed by atoms with E-state index in [-0.39, 0.29) is 5.41 Å². The summed E-state index contributed by atoms with van der Waals surface area (Å²) >= 11 is 1.73. The van der Waals surface area contributed by atoms with Gasteiger partial charge in [0, 0.05) is 4.70 Å². The van der Waals surface area contributed by atoms with Gasteiger partial charge in [-0.1, -0.05) is 65.0 Å². The molecule has 0 atom stereocenters. The first-order chi connectivity index (χ1) is 11.8. The van der Waals surface area contributed by atoms with Crippen molar-refractivity contribution in [1.29, 1.82) is 0 Å². The second-order valence-corrected chi connectivity index (χ2v) is 8.85. The third-order valence-electron chi connectivity index (χ3n) is 4.38. The summed E-state index contributed by atoms with van der Waals surface area (Å²) in [5.74, 6) is 0.472. The molecule has 0 bridgehead atoms. The summed E-state index contributed by atoms with van der Waals surface area (Å²) < 4.78 is 1.28. The zero-order chi connectivity index (χ0) is 18.0. The van der Waals surface area contributed by atoms with E-state index in [1.54, 1.807) is 11.3 Å². The number of hydrogen-bond acceptors (Lipinski definition) is 3. The van der Waals surface area contributed by atoms with Crippen molar-refractivity contribution in [1.82, 2.24) is 0 Å². The molecule has 0 saturated carbocycles. The van der Waals surface area contributed by atoms with E-state index in [1.807, 2.05) is 6.21 Å². The third-order valence-corrected chi connectivity index (χ3v) is 5.40. The second-order valence-electron chi connectivity index (χ2n) is 7.77.